The molecule has 2 aliphatic rings. The number of hydrogen-bond donors (Lipinski definition) is 1. The number of amides is 2. The van der Waals surface area contributed by atoms with Crippen LogP contribution in [0, 0.1) is 11.6 Å². The van der Waals surface area contributed by atoms with Crippen LogP contribution in [0.15, 0.2) is 47.8 Å². The zero-order valence-corrected chi connectivity index (χ0v) is 17.0. The molecule has 0 aliphatic carbocycles. The van der Waals surface area contributed by atoms with Crippen molar-refractivity contribution in [2.24, 2.45) is 5.10 Å². The molecule has 1 unspecified atom stereocenters. The summed E-state index contributed by atoms with van der Waals surface area (Å²) in [6, 6.07) is 6.11. The molecular weight excluding hydrogens is 418 g/mol. The van der Waals surface area contributed by atoms with E-state index in [1.807, 2.05) is 11.0 Å². The first-order valence-corrected chi connectivity index (χ1v) is 10.2. The molecule has 0 radical (unpaired) electrons. The van der Waals surface area contributed by atoms with E-state index in [0.717, 1.165) is 17.5 Å². The first kappa shape index (κ1) is 20.0. The van der Waals surface area contributed by atoms with E-state index in [0.29, 0.717) is 44.1 Å². The normalized spacial score (nSPS) is 18.4. The number of hydrogen-bond acceptors (Lipinski definition) is 6. The van der Waals surface area contributed by atoms with Gasteiger partial charge in [-0.2, -0.15) is 10.2 Å². The molecule has 2 aliphatic heterocycles. The Labute approximate surface area is 182 Å². The third-order valence-electron chi connectivity index (χ3n) is 5.55. The molecule has 164 valence electrons. The fourth-order valence-electron chi connectivity index (χ4n) is 3.93. The van der Waals surface area contributed by atoms with Gasteiger partial charge in [-0.25, -0.2) is 28.6 Å². The van der Waals surface area contributed by atoms with E-state index in [1.54, 1.807) is 29.6 Å². The number of carbonyl (C=O) groups excluding carboxylic acids is 1. The summed E-state index contributed by atoms with van der Waals surface area (Å²) in [5, 5.41) is 12.3. The highest BCUT2D eigenvalue weighted by Crippen LogP contribution is 2.30. The predicted molar refractivity (Wildman–Crippen MR) is 113 cm³/mol. The first-order chi connectivity index (χ1) is 15.6. The topological polar surface area (TPSA) is 93.6 Å². The maximum atomic E-state index is 13.7. The molecule has 1 fully saturated rings. The van der Waals surface area contributed by atoms with Crippen molar-refractivity contribution < 1.29 is 13.6 Å². The molecule has 0 spiro atoms. The van der Waals surface area contributed by atoms with Gasteiger partial charge in [0.1, 0.15) is 11.6 Å². The van der Waals surface area contributed by atoms with E-state index in [4.69, 9.17) is 0 Å². The maximum Gasteiger partial charge on any atom is 0.341 e. The lowest BCUT2D eigenvalue weighted by Gasteiger charge is -2.37. The third kappa shape index (κ3) is 3.88. The summed E-state index contributed by atoms with van der Waals surface area (Å²) < 4.78 is 27.3. The lowest BCUT2D eigenvalue weighted by atomic mass is 10.0. The van der Waals surface area contributed by atoms with Gasteiger partial charge >= 0.3 is 6.03 Å². The molecule has 32 heavy (non-hydrogen) atoms. The number of carbonyl (C=O) groups is 1. The molecule has 0 bridgehead atoms. The predicted octanol–water partition coefficient (Wildman–Crippen LogP) is 2.82. The summed E-state index contributed by atoms with van der Waals surface area (Å²) in [6.07, 6.45) is 5.35. The molecule has 4 heterocycles. The number of halogens is 2. The molecule has 5 rings (SSSR count). The minimum absolute atomic E-state index is 0.291. The highest BCUT2D eigenvalue weighted by Gasteiger charge is 2.33. The molecule has 2 amide bonds. The van der Waals surface area contributed by atoms with Gasteiger partial charge in [-0.05, 0) is 29.8 Å². The first-order valence-electron chi connectivity index (χ1n) is 10.2. The summed E-state index contributed by atoms with van der Waals surface area (Å²) >= 11 is 0. The number of nitrogens with zero attached hydrogens (tertiary/aromatic N) is 7. The molecule has 11 heteroatoms. The molecular formula is C21H20F2N8O. The van der Waals surface area contributed by atoms with Crippen LogP contribution in [-0.2, 0) is 0 Å². The number of piperazine rings is 1. The smallest absolute Gasteiger partial charge is 0.337 e. The zero-order valence-electron chi connectivity index (χ0n) is 17.0. The zero-order chi connectivity index (χ0) is 22.1. The molecule has 1 aromatic carbocycles. The number of hydrazone groups is 1. The summed E-state index contributed by atoms with van der Waals surface area (Å²) in [7, 11) is 0. The van der Waals surface area contributed by atoms with Crippen LogP contribution in [0.5, 0.6) is 0 Å². The van der Waals surface area contributed by atoms with Gasteiger partial charge in [0, 0.05) is 57.3 Å². The molecule has 0 saturated carbocycles. The second-order valence-electron chi connectivity index (χ2n) is 7.57. The van der Waals surface area contributed by atoms with E-state index in [9.17, 15) is 13.6 Å². The van der Waals surface area contributed by atoms with E-state index in [1.165, 1.54) is 17.1 Å². The van der Waals surface area contributed by atoms with Crippen molar-refractivity contribution in [3.8, 4) is 11.4 Å². The van der Waals surface area contributed by atoms with Crippen LogP contribution in [-0.4, -0.2) is 68.5 Å². The monoisotopic (exact) mass is 438 g/mol. The number of aromatic nitrogens is 4. The van der Waals surface area contributed by atoms with Crippen LogP contribution in [0.25, 0.3) is 11.4 Å². The van der Waals surface area contributed by atoms with Gasteiger partial charge in [-0.1, -0.05) is 0 Å². The highest BCUT2D eigenvalue weighted by atomic mass is 19.1. The lowest BCUT2D eigenvalue weighted by Crippen LogP contribution is -2.52. The Morgan fingerprint density at radius 2 is 1.81 bits per heavy atom. The van der Waals surface area contributed by atoms with Gasteiger partial charge < -0.3 is 9.80 Å². The van der Waals surface area contributed by atoms with Crippen molar-refractivity contribution in [1.82, 2.24) is 30.1 Å². The van der Waals surface area contributed by atoms with Gasteiger partial charge in [0.05, 0.1) is 17.4 Å². The van der Waals surface area contributed by atoms with Gasteiger partial charge in [0.2, 0.25) is 5.95 Å². The van der Waals surface area contributed by atoms with Crippen LogP contribution < -0.4 is 4.90 Å². The Balaban J connectivity index is 1.26. The van der Waals surface area contributed by atoms with Gasteiger partial charge in [0.15, 0.2) is 0 Å². The molecule has 1 saturated heterocycles. The van der Waals surface area contributed by atoms with Crippen LogP contribution in [0.2, 0.25) is 0 Å². The molecule has 9 nitrogen and oxygen atoms in total. The van der Waals surface area contributed by atoms with E-state index in [-0.39, 0.29) is 6.03 Å². The average Bonchev–Trinajstić information content (AvgIpc) is 3.51. The van der Waals surface area contributed by atoms with E-state index in [2.05, 4.69) is 25.3 Å². The average molecular weight is 438 g/mol. The van der Waals surface area contributed by atoms with Crippen molar-refractivity contribution in [2.75, 3.05) is 31.1 Å². The van der Waals surface area contributed by atoms with E-state index >= 15 is 0 Å². The van der Waals surface area contributed by atoms with Crippen molar-refractivity contribution in [2.45, 2.75) is 12.5 Å². The SMILES string of the molecule is O=C(N1CCN(c2nccc(-c3ccn[nH]3)n2)CC1)N1N=CCC1c1cc(F)cc(F)c1. The number of aromatic amines is 1. The molecule has 1 atom stereocenters. The lowest BCUT2D eigenvalue weighted by molar-refractivity contribution is 0.139. The summed E-state index contributed by atoms with van der Waals surface area (Å²) in [5.41, 5.74) is 1.92. The van der Waals surface area contributed by atoms with Crippen molar-refractivity contribution in [3.05, 3.63) is 59.9 Å². The number of H-pyrrole nitrogens is 1. The van der Waals surface area contributed by atoms with E-state index < -0.39 is 17.7 Å². The summed E-state index contributed by atoms with van der Waals surface area (Å²) in [4.78, 5) is 25.7. The quantitative estimate of drug-likeness (QED) is 0.679. The number of anilines is 1. The standard InChI is InChI=1S/C21H20F2N8O/c22-15-11-14(12-16(23)13-15)19-3-6-26-31(19)21(32)30-9-7-29(8-10-30)20-24-4-1-17(27-20)18-2-5-25-28-18/h1-2,4-6,11-13,19H,3,7-10H2,(H,25,28). The number of rotatable bonds is 3. The van der Waals surface area contributed by atoms with Gasteiger partial charge in [0.25, 0.3) is 0 Å². The minimum atomic E-state index is -0.676. The Morgan fingerprint density at radius 3 is 2.53 bits per heavy atom. The Kier molecular flexibility index (Phi) is 5.21. The maximum absolute atomic E-state index is 13.7. The third-order valence-corrected chi connectivity index (χ3v) is 5.55. The van der Waals surface area contributed by atoms with Crippen molar-refractivity contribution in [1.29, 1.82) is 0 Å². The molecule has 3 aromatic rings. The van der Waals surface area contributed by atoms with Gasteiger partial charge in [-0.3, -0.25) is 5.10 Å². The number of urea groups is 1. The largest absolute Gasteiger partial charge is 0.341 e. The molecule has 1 N–H and O–H groups in total. The Hall–Kier alpha value is -3.89. The Bertz CT molecular complexity index is 1120. The number of nitrogens with one attached hydrogen (secondary N) is 1. The molecule has 2 aromatic heterocycles. The van der Waals surface area contributed by atoms with Crippen LogP contribution >= 0.6 is 0 Å². The second kappa shape index (κ2) is 8.33. The van der Waals surface area contributed by atoms with Crippen LogP contribution in [0.4, 0.5) is 19.5 Å². The van der Waals surface area contributed by atoms with Crippen molar-refractivity contribution in [3.63, 3.8) is 0 Å². The summed E-state index contributed by atoms with van der Waals surface area (Å²) in [5.74, 6) is -0.771. The fourth-order valence-corrected chi connectivity index (χ4v) is 3.93. The van der Waals surface area contributed by atoms with Crippen LogP contribution in [0.3, 0.4) is 0 Å². The van der Waals surface area contributed by atoms with Crippen molar-refractivity contribution >= 4 is 18.2 Å². The minimum Gasteiger partial charge on any atom is -0.337 e. The van der Waals surface area contributed by atoms with Gasteiger partial charge in [-0.15, -0.1) is 0 Å². The second-order valence-corrected chi connectivity index (χ2v) is 7.57. The fraction of sp³-hybridized carbons (Fsp3) is 0.286. The van der Waals surface area contributed by atoms with Crippen LogP contribution in [0.1, 0.15) is 18.0 Å². The Morgan fingerprint density at radius 1 is 1.03 bits per heavy atom. The summed E-state index contributed by atoms with van der Waals surface area (Å²) in [6.45, 7) is 2.00. The highest BCUT2D eigenvalue weighted by molar-refractivity contribution is 5.78. The number of benzene rings is 1.